The maximum absolute atomic E-state index is 4.42. The van der Waals surface area contributed by atoms with E-state index in [2.05, 4.69) is 68.9 Å². The summed E-state index contributed by atoms with van der Waals surface area (Å²) in [6.45, 7) is 7.13. The van der Waals surface area contributed by atoms with E-state index in [1.165, 1.54) is 5.56 Å². The summed E-state index contributed by atoms with van der Waals surface area (Å²) >= 11 is 3.46. The van der Waals surface area contributed by atoms with Crippen LogP contribution in [0.2, 0.25) is 0 Å². The van der Waals surface area contributed by atoms with Crippen LogP contribution in [0.4, 0.5) is 0 Å². The molecule has 1 N–H and O–H groups in total. The van der Waals surface area contributed by atoms with Gasteiger partial charge in [-0.1, -0.05) is 41.9 Å². The lowest BCUT2D eigenvalue weighted by Crippen LogP contribution is -2.21. The molecule has 0 amide bonds. The van der Waals surface area contributed by atoms with Gasteiger partial charge in [-0.2, -0.15) is 0 Å². The van der Waals surface area contributed by atoms with Crippen molar-refractivity contribution in [1.82, 2.24) is 14.9 Å². The summed E-state index contributed by atoms with van der Waals surface area (Å²) in [4.78, 5) is 4.42. The average molecular weight is 322 g/mol. The number of imidazole rings is 1. The number of halogens is 1. The fraction of sp³-hybridized carbons (Fsp3) is 0.400. The molecule has 0 radical (unpaired) electrons. The minimum absolute atomic E-state index is 0.662. The first-order valence-electron chi connectivity index (χ1n) is 6.60. The van der Waals surface area contributed by atoms with E-state index in [-0.39, 0.29) is 0 Å². The van der Waals surface area contributed by atoms with Crippen LogP contribution in [-0.2, 0) is 13.1 Å². The second-order valence-electron chi connectivity index (χ2n) is 5.12. The van der Waals surface area contributed by atoms with Crippen molar-refractivity contribution in [3.63, 3.8) is 0 Å². The third-order valence-electron chi connectivity index (χ3n) is 2.90. The maximum Gasteiger partial charge on any atom is 0.122 e. The minimum Gasteiger partial charge on any atom is -0.329 e. The number of nitrogens with one attached hydrogen (secondary N) is 1. The predicted octanol–water partition coefficient (Wildman–Crippen LogP) is 3.44. The monoisotopic (exact) mass is 321 g/mol. The Morgan fingerprint density at radius 3 is 2.68 bits per heavy atom. The van der Waals surface area contributed by atoms with Crippen molar-refractivity contribution in [3.05, 3.63) is 52.5 Å². The average Bonchev–Trinajstić information content (AvgIpc) is 2.79. The van der Waals surface area contributed by atoms with E-state index in [4.69, 9.17) is 0 Å². The summed E-state index contributed by atoms with van der Waals surface area (Å²) in [5, 5.41) is 3.43. The van der Waals surface area contributed by atoms with E-state index in [0.29, 0.717) is 5.92 Å². The van der Waals surface area contributed by atoms with E-state index >= 15 is 0 Å². The van der Waals surface area contributed by atoms with Crippen molar-refractivity contribution >= 4 is 15.9 Å². The lowest BCUT2D eigenvalue weighted by molar-refractivity contribution is 0.533. The van der Waals surface area contributed by atoms with Gasteiger partial charge in [0.15, 0.2) is 0 Å². The van der Waals surface area contributed by atoms with Crippen molar-refractivity contribution in [1.29, 1.82) is 0 Å². The lowest BCUT2D eigenvalue weighted by atomic mass is 10.2. The van der Waals surface area contributed by atoms with E-state index in [9.17, 15) is 0 Å². The third kappa shape index (κ3) is 4.48. The smallest absolute Gasteiger partial charge is 0.122 e. The van der Waals surface area contributed by atoms with Crippen molar-refractivity contribution in [2.45, 2.75) is 26.9 Å². The van der Waals surface area contributed by atoms with Gasteiger partial charge in [0, 0.05) is 23.4 Å². The molecule has 4 heteroatoms. The van der Waals surface area contributed by atoms with Gasteiger partial charge in [0.1, 0.15) is 5.82 Å². The van der Waals surface area contributed by atoms with Gasteiger partial charge in [-0.05, 0) is 30.2 Å². The Morgan fingerprint density at radius 2 is 2.00 bits per heavy atom. The molecule has 19 heavy (non-hydrogen) atoms. The molecule has 3 nitrogen and oxygen atoms in total. The van der Waals surface area contributed by atoms with Crippen LogP contribution < -0.4 is 5.32 Å². The maximum atomic E-state index is 4.42. The highest BCUT2D eigenvalue weighted by atomic mass is 79.9. The highest BCUT2D eigenvalue weighted by Gasteiger charge is 2.04. The fourth-order valence-corrected chi connectivity index (χ4v) is 2.17. The molecule has 0 spiro atoms. The molecule has 2 rings (SSSR count). The number of hydrogen-bond donors (Lipinski definition) is 1. The van der Waals surface area contributed by atoms with E-state index in [1.807, 2.05) is 12.4 Å². The van der Waals surface area contributed by atoms with Gasteiger partial charge < -0.3 is 9.88 Å². The molecule has 0 aliphatic rings. The number of benzene rings is 1. The van der Waals surface area contributed by atoms with Crippen LogP contribution in [-0.4, -0.2) is 16.1 Å². The minimum atomic E-state index is 0.662. The Hall–Kier alpha value is -1.13. The zero-order chi connectivity index (χ0) is 13.7. The quantitative estimate of drug-likeness (QED) is 0.883. The lowest BCUT2D eigenvalue weighted by Gasteiger charge is -2.10. The summed E-state index contributed by atoms with van der Waals surface area (Å²) in [5.74, 6) is 1.75. The fourth-order valence-electron chi connectivity index (χ4n) is 1.91. The van der Waals surface area contributed by atoms with Gasteiger partial charge in [0.25, 0.3) is 0 Å². The van der Waals surface area contributed by atoms with Crippen LogP contribution in [0.25, 0.3) is 0 Å². The molecule has 0 aliphatic carbocycles. The van der Waals surface area contributed by atoms with Crippen LogP contribution in [0.1, 0.15) is 25.2 Å². The highest BCUT2D eigenvalue weighted by molar-refractivity contribution is 9.10. The molecule has 1 heterocycles. The van der Waals surface area contributed by atoms with Gasteiger partial charge in [-0.3, -0.25) is 0 Å². The van der Waals surface area contributed by atoms with Crippen molar-refractivity contribution < 1.29 is 0 Å². The SMILES string of the molecule is CC(C)CNCc1nccn1Cc1ccc(Br)cc1. The number of nitrogens with zero attached hydrogens (tertiary/aromatic N) is 2. The van der Waals surface area contributed by atoms with Gasteiger partial charge in [0.2, 0.25) is 0 Å². The van der Waals surface area contributed by atoms with Gasteiger partial charge in [-0.15, -0.1) is 0 Å². The molecular formula is C15H20BrN3. The summed E-state index contributed by atoms with van der Waals surface area (Å²) in [7, 11) is 0. The Morgan fingerprint density at radius 1 is 1.26 bits per heavy atom. The van der Waals surface area contributed by atoms with Crippen LogP contribution in [0.3, 0.4) is 0 Å². The molecule has 0 saturated heterocycles. The van der Waals surface area contributed by atoms with E-state index in [0.717, 1.165) is 29.9 Å². The van der Waals surface area contributed by atoms with Crippen molar-refractivity contribution in [3.8, 4) is 0 Å². The zero-order valence-corrected chi connectivity index (χ0v) is 13.0. The zero-order valence-electron chi connectivity index (χ0n) is 11.4. The molecule has 1 aromatic heterocycles. The summed E-state index contributed by atoms with van der Waals surface area (Å²) in [6.07, 6.45) is 3.90. The third-order valence-corrected chi connectivity index (χ3v) is 3.43. The van der Waals surface area contributed by atoms with Crippen LogP contribution in [0, 0.1) is 5.92 Å². The van der Waals surface area contributed by atoms with Gasteiger partial charge >= 0.3 is 0 Å². The number of rotatable bonds is 6. The Labute approximate surface area is 123 Å². The number of hydrogen-bond acceptors (Lipinski definition) is 2. The molecule has 0 atom stereocenters. The van der Waals surface area contributed by atoms with E-state index < -0.39 is 0 Å². The topological polar surface area (TPSA) is 29.9 Å². The normalized spacial score (nSPS) is 11.2. The molecule has 0 bridgehead atoms. The second kappa shape index (κ2) is 6.87. The molecule has 0 aliphatic heterocycles. The highest BCUT2D eigenvalue weighted by Crippen LogP contribution is 2.12. The molecule has 1 aromatic carbocycles. The number of aromatic nitrogens is 2. The second-order valence-corrected chi connectivity index (χ2v) is 6.04. The Kier molecular flexibility index (Phi) is 5.16. The Bertz CT molecular complexity index is 502. The van der Waals surface area contributed by atoms with Crippen LogP contribution in [0.5, 0.6) is 0 Å². The molecule has 0 saturated carbocycles. The summed E-state index contributed by atoms with van der Waals surface area (Å²) in [5.41, 5.74) is 1.28. The largest absolute Gasteiger partial charge is 0.329 e. The summed E-state index contributed by atoms with van der Waals surface area (Å²) < 4.78 is 3.30. The first-order chi connectivity index (χ1) is 9.15. The predicted molar refractivity (Wildman–Crippen MR) is 82.0 cm³/mol. The first-order valence-corrected chi connectivity index (χ1v) is 7.39. The molecule has 0 unspecified atom stereocenters. The Balaban J connectivity index is 1.97. The van der Waals surface area contributed by atoms with Gasteiger partial charge in [-0.25, -0.2) is 4.98 Å². The summed E-state index contributed by atoms with van der Waals surface area (Å²) in [6, 6.07) is 8.41. The first kappa shape index (κ1) is 14.3. The molecular weight excluding hydrogens is 302 g/mol. The molecule has 2 aromatic rings. The van der Waals surface area contributed by atoms with Crippen molar-refractivity contribution in [2.24, 2.45) is 5.92 Å². The van der Waals surface area contributed by atoms with Crippen LogP contribution in [0.15, 0.2) is 41.1 Å². The van der Waals surface area contributed by atoms with E-state index in [1.54, 1.807) is 0 Å². The van der Waals surface area contributed by atoms with Crippen molar-refractivity contribution in [2.75, 3.05) is 6.54 Å². The van der Waals surface area contributed by atoms with Crippen LogP contribution >= 0.6 is 15.9 Å². The van der Waals surface area contributed by atoms with Gasteiger partial charge in [0.05, 0.1) is 6.54 Å². The molecule has 102 valence electrons. The standard InChI is InChI=1S/C15H20BrN3/c1-12(2)9-17-10-15-18-7-8-19(15)11-13-3-5-14(16)6-4-13/h3-8,12,17H,9-11H2,1-2H3. The molecule has 0 fully saturated rings.